The Morgan fingerprint density at radius 2 is 2.14 bits per heavy atom. The van der Waals surface area contributed by atoms with Crippen LogP contribution in [0.2, 0.25) is 5.02 Å². The number of carbonyl (C=O) groups excluding carboxylic acids is 2. The third-order valence-corrected chi connectivity index (χ3v) is 4.32. The first-order valence-electron chi connectivity index (χ1n) is 6.59. The molecular formula is C14H17BrClN3O2. The Bertz CT molecular complexity index is 565. The van der Waals surface area contributed by atoms with Gasteiger partial charge in [0.05, 0.1) is 5.56 Å². The van der Waals surface area contributed by atoms with Crippen molar-refractivity contribution in [2.75, 3.05) is 33.7 Å². The largest absolute Gasteiger partial charge is 0.347 e. The summed E-state index contributed by atoms with van der Waals surface area (Å²) in [5.74, 6) is -0.278. The SMILES string of the molecule is CN(C)C(=O)C1CNCCN1C(=O)c1cc(Cl)ccc1Br. The summed E-state index contributed by atoms with van der Waals surface area (Å²) < 4.78 is 0.673. The molecule has 1 aliphatic rings. The van der Waals surface area contributed by atoms with E-state index in [0.717, 1.165) is 0 Å². The zero-order chi connectivity index (χ0) is 15.6. The highest BCUT2D eigenvalue weighted by molar-refractivity contribution is 9.10. The normalized spacial score (nSPS) is 18.5. The number of amides is 2. The van der Waals surface area contributed by atoms with Crippen LogP contribution in [0.3, 0.4) is 0 Å². The summed E-state index contributed by atoms with van der Waals surface area (Å²) in [6.45, 7) is 1.62. The maximum Gasteiger partial charge on any atom is 0.255 e. The molecule has 7 heteroatoms. The smallest absolute Gasteiger partial charge is 0.255 e. The molecule has 2 amide bonds. The zero-order valence-electron chi connectivity index (χ0n) is 11.9. The fraction of sp³-hybridized carbons (Fsp3) is 0.429. The van der Waals surface area contributed by atoms with Gasteiger partial charge in [-0.3, -0.25) is 9.59 Å². The topological polar surface area (TPSA) is 52.7 Å². The van der Waals surface area contributed by atoms with E-state index in [2.05, 4.69) is 21.2 Å². The monoisotopic (exact) mass is 373 g/mol. The lowest BCUT2D eigenvalue weighted by Crippen LogP contribution is -2.59. The molecule has 5 nitrogen and oxygen atoms in total. The molecule has 0 aliphatic carbocycles. The lowest BCUT2D eigenvalue weighted by molar-refractivity contribution is -0.134. The van der Waals surface area contributed by atoms with Gasteiger partial charge in [0.15, 0.2) is 0 Å². The number of halogens is 2. The van der Waals surface area contributed by atoms with Crippen LogP contribution in [-0.4, -0.2) is 61.4 Å². The predicted molar refractivity (Wildman–Crippen MR) is 85.5 cm³/mol. The number of nitrogens with zero attached hydrogens (tertiary/aromatic N) is 2. The standard InChI is InChI=1S/C14H17BrClN3O2/c1-18(2)14(21)12-8-17-5-6-19(12)13(20)10-7-9(16)3-4-11(10)15/h3-4,7,12,17H,5-6,8H2,1-2H3. The molecule has 1 aromatic carbocycles. The lowest BCUT2D eigenvalue weighted by atomic mass is 10.1. The minimum absolute atomic E-state index is 0.0892. The zero-order valence-corrected chi connectivity index (χ0v) is 14.2. The van der Waals surface area contributed by atoms with E-state index in [4.69, 9.17) is 11.6 Å². The Labute approximate surface area is 137 Å². The quantitative estimate of drug-likeness (QED) is 0.855. The second-order valence-corrected chi connectivity index (χ2v) is 6.37. The average molecular weight is 375 g/mol. The number of hydrogen-bond donors (Lipinski definition) is 1. The third-order valence-electron chi connectivity index (χ3n) is 3.39. The Balaban J connectivity index is 2.30. The molecule has 1 fully saturated rings. The predicted octanol–water partition coefficient (Wildman–Crippen LogP) is 1.60. The molecule has 0 aromatic heterocycles. The Hall–Kier alpha value is -1.11. The molecule has 1 aliphatic heterocycles. The minimum Gasteiger partial charge on any atom is -0.347 e. The number of piperazine rings is 1. The van der Waals surface area contributed by atoms with Crippen LogP contribution in [0.1, 0.15) is 10.4 Å². The third kappa shape index (κ3) is 3.56. The molecule has 0 saturated carbocycles. The van der Waals surface area contributed by atoms with Gasteiger partial charge in [0.2, 0.25) is 5.91 Å². The van der Waals surface area contributed by atoms with Crippen LogP contribution in [0.4, 0.5) is 0 Å². The molecule has 1 saturated heterocycles. The molecule has 0 spiro atoms. The van der Waals surface area contributed by atoms with Crippen LogP contribution >= 0.6 is 27.5 Å². The van der Waals surface area contributed by atoms with Gasteiger partial charge < -0.3 is 15.1 Å². The van der Waals surface area contributed by atoms with Crippen molar-refractivity contribution >= 4 is 39.3 Å². The van der Waals surface area contributed by atoms with E-state index in [9.17, 15) is 9.59 Å². The number of carbonyl (C=O) groups is 2. The van der Waals surface area contributed by atoms with Crippen molar-refractivity contribution in [1.29, 1.82) is 0 Å². The van der Waals surface area contributed by atoms with Gasteiger partial charge >= 0.3 is 0 Å². The van der Waals surface area contributed by atoms with Crippen molar-refractivity contribution in [2.24, 2.45) is 0 Å². The van der Waals surface area contributed by atoms with Gasteiger partial charge in [-0.25, -0.2) is 0 Å². The Kier molecular flexibility index (Phi) is 5.24. The van der Waals surface area contributed by atoms with E-state index in [0.29, 0.717) is 34.7 Å². The van der Waals surface area contributed by atoms with Gasteiger partial charge in [-0.2, -0.15) is 0 Å². The highest BCUT2D eigenvalue weighted by Gasteiger charge is 2.34. The van der Waals surface area contributed by atoms with Crippen LogP contribution in [0.25, 0.3) is 0 Å². The number of benzene rings is 1. The van der Waals surface area contributed by atoms with Gasteiger partial charge in [-0.05, 0) is 34.1 Å². The van der Waals surface area contributed by atoms with E-state index in [1.165, 1.54) is 4.90 Å². The van der Waals surface area contributed by atoms with Crippen molar-refractivity contribution in [1.82, 2.24) is 15.1 Å². The Morgan fingerprint density at radius 3 is 2.81 bits per heavy atom. The van der Waals surface area contributed by atoms with E-state index < -0.39 is 6.04 Å². The summed E-state index contributed by atoms with van der Waals surface area (Å²) in [5, 5.41) is 3.65. The number of rotatable bonds is 2. The second kappa shape index (κ2) is 6.77. The molecular weight excluding hydrogens is 358 g/mol. The molecule has 1 unspecified atom stereocenters. The van der Waals surface area contributed by atoms with Crippen molar-refractivity contribution in [3.63, 3.8) is 0 Å². The number of nitrogens with one attached hydrogen (secondary N) is 1. The van der Waals surface area contributed by atoms with Gasteiger partial charge in [0, 0.05) is 43.2 Å². The number of hydrogen-bond acceptors (Lipinski definition) is 3. The average Bonchev–Trinajstić information content (AvgIpc) is 2.48. The molecule has 0 radical (unpaired) electrons. The summed E-state index contributed by atoms with van der Waals surface area (Å²) >= 11 is 9.34. The van der Waals surface area contributed by atoms with Crippen LogP contribution < -0.4 is 5.32 Å². The molecule has 1 heterocycles. The molecule has 21 heavy (non-hydrogen) atoms. The van der Waals surface area contributed by atoms with Crippen LogP contribution in [0, 0.1) is 0 Å². The summed E-state index contributed by atoms with van der Waals surface area (Å²) in [7, 11) is 3.38. The van der Waals surface area contributed by atoms with Crippen molar-refractivity contribution in [3.8, 4) is 0 Å². The van der Waals surface area contributed by atoms with Crippen molar-refractivity contribution in [3.05, 3.63) is 33.3 Å². The van der Waals surface area contributed by atoms with E-state index in [1.807, 2.05) is 0 Å². The first-order valence-corrected chi connectivity index (χ1v) is 7.77. The van der Waals surface area contributed by atoms with E-state index in [1.54, 1.807) is 37.2 Å². The summed E-state index contributed by atoms with van der Waals surface area (Å²) in [6.07, 6.45) is 0. The van der Waals surface area contributed by atoms with E-state index in [-0.39, 0.29) is 11.8 Å². The molecule has 1 N–H and O–H groups in total. The minimum atomic E-state index is -0.493. The van der Waals surface area contributed by atoms with Gasteiger partial charge in [-0.15, -0.1) is 0 Å². The van der Waals surface area contributed by atoms with Crippen LogP contribution in [-0.2, 0) is 4.79 Å². The maximum absolute atomic E-state index is 12.7. The van der Waals surface area contributed by atoms with Crippen molar-refractivity contribution in [2.45, 2.75) is 6.04 Å². The highest BCUT2D eigenvalue weighted by Crippen LogP contribution is 2.24. The Morgan fingerprint density at radius 1 is 1.43 bits per heavy atom. The number of likely N-dealkylation sites (N-methyl/N-ethyl adjacent to an activating group) is 1. The molecule has 1 atom stereocenters. The maximum atomic E-state index is 12.7. The first kappa shape index (κ1) is 16.3. The van der Waals surface area contributed by atoms with E-state index >= 15 is 0 Å². The summed E-state index contributed by atoms with van der Waals surface area (Å²) in [6, 6.07) is 4.57. The molecule has 2 rings (SSSR count). The second-order valence-electron chi connectivity index (χ2n) is 5.08. The van der Waals surface area contributed by atoms with Crippen LogP contribution in [0.15, 0.2) is 22.7 Å². The molecule has 114 valence electrons. The summed E-state index contributed by atoms with van der Waals surface area (Å²) in [5.41, 5.74) is 0.473. The van der Waals surface area contributed by atoms with Gasteiger partial charge in [0.1, 0.15) is 6.04 Å². The highest BCUT2D eigenvalue weighted by atomic mass is 79.9. The molecule has 1 aromatic rings. The first-order chi connectivity index (χ1) is 9.91. The van der Waals surface area contributed by atoms with Gasteiger partial charge in [0.25, 0.3) is 5.91 Å². The van der Waals surface area contributed by atoms with Crippen LogP contribution in [0.5, 0.6) is 0 Å². The summed E-state index contributed by atoms with van der Waals surface area (Å²) in [4.78, 5) is 28.1. The van der Waals surface area contributed by atoms with Gasteiger partial charge in [-0.1, -0.05) is 11.6 Å². The lowest BCUT2D eigenvalue weighted by Gasteiger charge is -2.36. The molecule has 0 bridgehead atoms. The fourth-order valence-electron chi connectivity index (χ4n) is 2.28. The van der Waals surface area contributed by atoms with Crippen molar-refractivity contribution < 1.29 is 9.59 Å². The fourth-order valence-corrected chi connectivity index (χ4v) is 2.87.